The summed E-state index contributed by atoms with van der Waals surface area (Å²) >= 11 is 0. The molecule has 44 heavy (non-hydrogen) atoms. The second-order valence-corrected chi connectivity index (χ2v) is 11.4. The molecule has 2 aromatic carbocycles. The Morgan fingerprint density at radius 3 is 2.32 bits per heavy atom. The van der Waals surface area contributed by atoms with E-state index in [-0.39, 0.29) is 30.4 Å². The van der Waals surface area contributed by atoms with Crippen LogP contribution in [-0.2, 0) is 20.8 Å². The maximum absolute atomic E-state index is 13.4. The standard InChI is InChI=1S/C33H43N7O4/c1-43-17-15-35-32(42)29-19-25-5-3-4-6-28(25)40(29)30-20-27(38-33(39-30)36-16-18-44-2)21-37-31(41)24-9-7-22(8-10-24)23-11-13-26(34)14-12-23/h7-14,20,25,28-29H,3-6,15-19,21,34H2,1-2H3,(H,35,42)(H,37,41)(H,36,38,39)/t25-,28-,29-/m0/s1. The number of carbonyl (C=O) groups is 2. The largest absolute Gasteiger partial charge is 0.399 e. The SMILES string of the molecule is COCCNC(=O)[C@@H]1C[C@@H]2CCCC[C@@H]2N1c1cc(CNC(=O)c2ccc(-c3ccc(N)cc3)cc2)nc(NCCOC)n1. The Bertz CT molecular complexity index is 1400. The molecular weight excluding hydrogens is 558 g/mol. The Labute approximate surface area is 258 Å². The minimum atomic E-state index is -0.330. The number of nitrogens with two attached hydrogens (primary N) is 1. The number of methoxy groups -OCH3 is 2. The molecule has 1 aliphatic carbocycles. The van der Waals surface area contributed by atoms with Crippen molar-refractivity contribution >= 4 is 29.3 Å². The first-order valence-electron chi connectivity index (χ1n) is 15.4. The highest BCUT2D eigenvalue weighted by Gasteiger charge is 2.46. The van der Waals surface area contributed by atoms with Crippen LogP contribution in [0.1, 0.15) is 48.2 Å². The molecule has 2 amide bonds. The zero-order chi connectivity index (χ0) is 30.9. The van der Waals surface area contributed by atoms with Crippen LogP contribution in [0.25, 0.3) is 11.1 Å². The molecule has 5 rings (SSSR count). The number of nitrogens with one attached hydrogen (secondary N) is 3. The first-order chi connectivity index (χ1) is 21.5. The van der Waals surface area contributed by atoms with E-state index in [9.17, 15) is 9.59 Å². The first-order valence-corrected chi connectivity index (χ1v) is 15.4. The summed E-state index contributed by atoms with van der Waals surface area (Å²) in [5, 5.41) is 9.29. The summed E-state index contributed by atoms with van der Waals surface area (Å²) in [6, 6.07) is 16.9. The molecule has 1 saturated carbocycles. The predicted octanol–water partition coefficient (Wildman–Crippen LogP) is 3.61. The molecule has 5 N–H and O–H groups in total. The van der Waals surface area contributed by atoms with Crippen molar-refractivity contribution in [2.75, 3.05) is 56.5 Å². The lowest BCUT2D eigenvalue weighted by Crippen LogP contribution is -2.48. The van der Waals surface area contributed by atoms with Crippen molar-refractivity contribution < 1.29 is 19.1 Å². The van der Waals surface area contributed by atoms with E-state index in [1.165, 1.54) is 6.42 Å². The van der Waals surface area contributed by atoms with Gasteiger partial charge in [0.15, 0.2) is 0 Å². The van der Waals surface area contributed by atoms with E-state index in [1.54, 1.807) is 14.2 Å². The summed E-state index contributed by atoms with van der Waals surface area (Å²) in [6.45, 7) is 2.14. The number of carbonyl (C=O) groups excluding carboxylic acids is 2. The molecule has 11 nitrogen and oxygen atoms in total. The predicted molar refractivity (Wildman–Crippen MR) is 171 cm³/mol. The summed E-state index contributed by atoms with van der Waals surface area (Å²) < 4.78 is 10.3. The van der Waals surface area contributed by atoms with Gasteiger partial charge in [0.25, 0.3) is 5.91 Å². The Morgan fingerprint density at radius 2 is 1.59 bits per heavy atom. The molecule has 0 unspecified atom stereocenters. The van der Waals surface area contributed by atoms with Gasteiger partial charge in [-0.25, -0.2) is 4.98 Å². The monoisotopic (exact) mass is 601 g/mol. The Hall–Kier alpha value is -4.22. The maximum Gasteiger partial charge on any atom is 0.251 e. The molecule has 2 heterocycles. The molecule has 3 aromatic rings. The third-order valence-electron chi connectivity index (χ3n) is 8.44. The Morgan fingerprint density at radius 1 is 0.909 bits per heavy atom. The summed E-state index contributed by atoms with van der Waals surface area (Å²) in [6.07, 6.45) is 5.21. The number of rotatable bonds is 13. The van der Waals surface area contributed by atoms with Crippen molar-refractivity contribution in [3.8, 4) is 11.1 Å². The molecule has 1 aromatic heterocycles. The van der Waals surface area contributed by atoms with E-state index in [1.807, 2.05) is 54.6 Å². The number of aromatic nitrogens is 2. The van der Waals surface area contributed by atoms with Gasteiger partial charge in [0.2, 0.25) is 11.9 Å². The van der Waals surface area contributed by atoms with Gasteiger partial charge >= 0.3 is 0 Å². The number of ether oxygens (including phenoxy) is 2. The van der Waals surface area contributed by atoms with Crippen molar-refractivity contribution in [3.05, 3.63) is 65.9 Å². The fraction of sp³-hybridized carbons (Fsp3) is 0.455. The molecule has 0 spiro atoms. The number of hydrogen-bond acceptors (Lipinski definition) is 9. The number of nitrogen functional groups attached to an aromatic ring is 1. The van der Waals surface area contributed by atoms with Crippen LogP contribution in [0, 0.1) is 5.92 Å². The van der Waals surface area contributed by atoms with E-state index < -0.39 is 0 Å². The van der Waals surface area contributed by atoms with E-state index in [0.29, 0.717) is 60.9 Å². The first kappa shape index (κ1) is 31.2. The van der Waals surface area contributed by atoms with Crippen molar-refractivity contribution in [2.24, 2.45) is 5.92 Å². The average molecular weight is 602 g/mol. The van der Waals surface area contributed by atoms with Crippen molar-refractivity contribution in [2.45, 2.75) is 50.7 Å². The van der Waals surface area contributed by atoms with Crippen LogP contribution in [-0.4, -0.2) is 74.4 Å². The number of hydrogen-bond donors (Lipinski definition) is 4. The van der Waals surface area contributed by atoms with Crippen LogP contribution < -0.4 is 26.6 Å². The molecule has 1 aliphatic heterocycles. The van der Waals surface area contributed by atoms with Crippen molar-refractivity contribution in [1.82, 2.24) is 20.6 Å². The highest BCUT2D eigenvalue weighted by molar-refractivity contribution is 5.94. The quantitative estimate of drug-likeness (QED) is 0.171. The number of benzene rings is 2. The van der Waals surface area contributed by atoms with Crippen molar-refractivity contribution in [3.63, 3.8) is 0 Å². The third kappa shape index (κ3) is 7.64. The van der Waals surface area contributed by atoms with Crippen LogP contribution >= 0.6 is 0 Å². The second-order valence-electron chi connectivity index (χ2n) is 11.4. The molecule has 1 saturated heterocycles. The maximum atomic E-state index is 13.4. The van der Waals surface area contributed by atoms with Gasteiger partial charge in [-0.3, -0.25) is 9.59 Å². The topological polar surface area (TPSA) is 144 Å². The lowest BCUT2D eigenvalue weighted by atomic mass is 9.84. The lowest BCUT2D eigenvalue weighted by Gasteiger charge is -2.34. The molecule has 234 valence electrons. The summed E-state index contributed by atoms with van der Waals surface area (Å²) in [5.41, 5.74) is 9.75. The lowest BCUT2D eigenvalue weighted by molar-refractivity contribution is -0.122. The van der Waals surface area contributed by atoms with Gasteiger partial charge in [0.05, 0.1) is 25.5 Å². The fourth-order valence-corrected chi connectivity index (χ4v) is 6.23. The van der Waals surface area contributed by atoms with Crippen LogP contribution in [0.3, 0.4) is 0 Å². The Kier molecular flexibility index (Phi) is 10.6. The van der Waals surface area contributed by atoms with Crippen LogP contribution in [0.15, 0.2) is 54.6 Å². The fourth-order valence-electron chi connectivity index (χ4n) is 6.23. The van der Waals surface area contributed by atoms with E-state index in [4.69, 9.17) is 25.2 Å². The van der Waals surface area contributed by atoms with Crippen LogP contribution in [0.4, 0.5) is 17.5 Å². The van der Waals surface area contributed by atoms with Crippen LogP contribution in [0.2, 0.25) is 0 Å². The van der Waals surface area contributed by atoms with Gasteiger partial charge in [-0.15, -0.1) is 0 Å². The van der Waals surface area contributed by atoms with Gasteiger partial charge in [-0.05, 0) is 60.6 Å². The molecular formula is C33H43N7O4. The second kappa shape index (κ2) is 15.0. The minimum absolute atomic E-state index is 0.0128. The van der Waals surface area contributed by atoms with E-state index in [2.05, 4.69) is 20.9 Å². The summed E-state index contributed by atoms with van der Waals surface area (Å²) in [7, 11) is 3.26. The van der Waals surface area contributed by atoms with E-state index >= 15 is 0 Å². The minimum Gasteiger partial charge on any atom is -0.399 e. The highest BCUT2D eigenvalue weighted by Crippen LogP contribution is 2.42. The van der Waals surface area contributed by atoms with Gasteiger partial charge in [0, 0.05) is 50.7 Å². The van der Waals surface area contributed by atoms with Crippen molar-refractivity contribution in [1.29, 1.82) is 0 Å². The van der Waals surface area contributed by atoms with Gasteiger partial charge < -0.3 is 36.1 Å². The molecule has 11 heteroatoms. The zero-order valence-electron chi connectivity index (χ0n) is 25.6. The number of nitrogens with zero attached hydrogens (tertiary/aromatic N) is 3. The number of anilines is 3. The van der Waals surface area contributed by atoms with Gasteiger partial charge in [0.1, 0.15) is 11.9 Å². The Balaban J connectivity index is 1.35. The van der Waals surface area contributed by atoms with Gasteiger partial charge in [-0.1, -0.05) is 37.1 Å². The molecule has 2 aliphatic rings. The third-order valence-corrected chi connectivity index (χ3v) is 8.44. The molecule has 3 atom stereocenters. The van der Waals surface area contributed by atoms with E-state index in [0.717, 1.165) is 36.8 Å². The van der Waals surface area contributed by atoms with Crippen LogP contribution in [0.5, 0.6) is 0 Å². The molecule has 0 bridgehead atoms. The highest BCUT2D eigenvalue weighted by atomic mass is 16.5. The average Bonchev–Trinajstić information content (AvgIpc) is 3.44. The number of amides is 2. The summed E-state index contributed by atoms with van der Waals surface area (Å²) in [5.74, 6) is 1.35. The molecule has 0 radical (unpaired) electrons. The normalized spacial score (nSPS) is 19.3. The molecule has 2 fully saturated rings. The summed E-state index contributed by atoms with van der Waals surface area (Å²) in [4.78, 5) is 38.2. The zero-order valence-corrected chi connectivity index (χ0v) is 25.6. The van der Waals surface area contributed by atoms with Gasteiger partial charge in [-0.2, -0.15) is 4.98 Å². The smallest absolute Gasteiger partial charge is 0.251 e. The number of fused-ring (bicyclic) bond motifs is 1.